The SMILES string of the molecule is CNc1nc2ccc([N+]#N)cc2s1. The van der Waals surface area contributed by atoms with Gasteiger partial charge in [0.25, 0.3) is 0 Å². The molecule has 4 nitrogen and oxygen atoms in total. The Morgan fingerprint density at radius 1 is 1.54 bits per heavy atom. The van der Waals surface area contributed by atoms with Crippen LogP contribution in [0.25, 0.3) is 15.2 Å². The average Bonchev–Trinajstić information content (AvgIpc) is 2.58. The molecule has 5 heteroatoms. The first-order chi connectivity index (χ1) is 6.33. The lowest BCUT2D eigenvalue weighted by molar-refractivity contribution is 1.41. The lowest BCUT2D eigenvalue weighted by atomic mass is 10.3. The highest BCUT2D eigenvalue weighted by Gasteiger charge is 2.08. The number of aromatic nitrogens is 1. The highest BCUT2D eigenvalue weighted by atomic mass is 32.1. The first-order valence-electron chi connectivity index (χ1n) is 3.77. The van der Waals surface area contributed by atoms with Crippen molar-refractivity contribution in [1.29, 1.82) is 5.39 Å². The number of benzene rings is 1. The maximum absolute atomic E-state index is 8.55. The minimum absolute atomic E-state index is 0.554. The number of diazo groups is 1. The standard InChI is InChI=1S/C8H7N4S/c1-10-8-11-6-3-2-5(12-9)4-7(6)13-8/h2-4H,1H3,(H,10,11)/q+1. The summed E-state index contributed by atoms with van der Waals surface area (Å²) in [6, 6.07) is 5.36. The van der Waals surface area contributed by atoms with Crippen molar-refractivity contribution in [3.8, 4) is 0 Å². The first-order valence-corrected chi connectivity index (χ1v) is 4.58. The van der Waals surface area contributed by atoms with Gasteiger partial charge in [0.15, 0.2) is 10.1 Å². The second kappa shape index (κ2) is 2.99. The molecule has 0 unspecified atom stereocenters. The third kappa shape index (κ3) is 1.32. The van der Waals surface area contributed by atoms with E-state index in [1.165, 1.54) is 11.3 Å². The van der Waals surface area contributed by atoms with E-state index in [2.05, 4.69) is 15.3 Å². The van der Waals surface area contributed by atoms with E-state index in [0.29, 0.717) is 5.69 Å². The van der Waals surface area contributed by atoms with E-state index in [1.54, 1.807) is 12.1 Å². The van der Waals surface area contributed by atoms with E-state index >= 15 is 0 Å². The number of hydrogen-bond donors (Lipinski definition) is 1. The number of rotatable bonds is 1. The van der Waals surface area contributed by atoms with Crippen molar-refractivity contribution >= 4 is 32.4 Å². The second-order valence-electron chi connectivity index (χ2n) is 2.52. The molecule has 1 aromatic heterocycles. The molecule has 0 aliphatic heterocycles. The summed E-state index contributed by atoms with van der Waals surface area (Å²) >= 11 is 1.53. The zero-order valence-corrected chi connectivity index (χ0v) is 7.80. The Kier molecular flexibility index (Phi) is 1.83. The molecule has 0 atom stereocenters. The highest BCUT2D eigenvalue weighted by molar-refractivity contribution is 7.22. The van der Waals surface area contributed by atoms with Gasteiger partial charge in [-0.05, 0) is 6.07 Å². The number of thiazole rings is 1. The summed E-state index contributed by atoms with van der Waals surface area (Å²) in [5.41, 5.74) is 1.47. The largest absolute Gasteiger partial charge is 0.386 e. The van der Waals surface area contributed by atoms with Gasteiger partial charge >= 0.3 is 5.69 Å². The highest BCUT2D eigenvalue weighted by Crippen LogP contribution is 2.28. The van der Waals surface area contributed by atoms with E-state index in [0.717, 1.165) is 15.3 Å². The topological polar surface area (TPSA) is 53.1 Å². The van der Waals surface area contributed by atoms with Crippen LogP contribution in [0.5, 0.6) is 0 Å². The van der Waals surface area contributed by atoms with Gasteiger partial charge < -0.3 is 5.32 Å². The van der Waals surface area contributed by atoms with Gasteiger partial charge in [-0.1, -0.05) is 11.3 Å². The summed E-state index contributed by atoms with van der Waals surface area (Å²) in [5.74, 6) is 0. The van der Waals surface area contributed by atoms with Crippen LogP contribution in [0, 0.1) is 5.39 Å². The fourth-order valence-corrected chi connectivity index (χ4v) is 1.93. The Hall–Kier alpha value is -1.67. The fourth-order valence-electron chi connectivity index (χ4n) is 1.08. The van der Waals surface area contributed by atoms with Crippen LogP contribution in [0.1, 0.15) is 0 Å². The lowest BCUT2D eigenvalue weighted by Crippen LogP contribution is -1.83. The first kappa shape index (κ1) is 7.95. The number of anilines is 1. The zero-order valence-electron chi connectivity index (χ0n) is 6.98. The molecule has 2 rings (SSSR count). The van der Waals surface area contributed by atoms with Crippen LogP contribution >= 0.6 is 11.3 Å². The molecule has 1 aromatic carbocycles. The van der Waals surface area contributed by atoms with Crippen LogP contribution in [-0.2, 0) is 0 Å². The predicted octanol–water partition coefficient (Wildman–Crippen LogP) is 2.82. The van der Waals surface area contributed by atoms with Crippen molar-refractivity contribution in [3.63, 3.8) is 0 Å². The van der Waals surface area contributed by atoms with E-state index in [9.17, 15) is 0 Å². The smallest absolute Gasteiger partial charge is 0.365 e. The van der Waals surface area contributed by atoms with Crippen molar-refractivity contribution in [2.45, 2.75) is 0 Å². The molecule has 0 aliphatic carbocycles. The molecular weight excluding hydrogens is 184 g/mol. The summed E-state index contributed by atoms with van der Waals surface area (Å²) in [6.07, 6.45) is 0. The van der Waals surface area contributed by atoms with Crippen LogP contribution in [0.3, 0.4) is 0 Å². The fraction of sp³-hybridized carbons (Fsp3) is 0.125. The van der Waals surface area contributed by atoms with Gasteiger partial charge in [0.05, 0.1) is 16.3 Å². The van der Waals surface area contributed by atoms with Crippen molar-refractivity contribution in [3.05, 3.63) is 23.2 Å². The maximum Gasteiger partial charge on any atom is 0.386 e. The third-order valence-corrected chi connectivity index (χ3v) is 2.74. The van der Waals surface area contributed by atoms with E-state index in [4.69, 9.17) is 5.39 Å². The molecule has 0 saturated heterocycles. The van der Waals surface area contributed by atoms with Crippen molar-refractivity contribution in [2.75, 3.05) is 12.4 Å². The van der Waals surface area contributed by atoms with Gasteiger partial charge in [0, 0.05) is 13.1 Å². The Balaban J connectivity index is 2.65. The minimum Gasteiger partial charge on any atom is -0.365 e. The molecule has 0 saturated carbocycles. The average molecular weight is 191 g/mol. The number of nitrogens with one attached hydrogen (secondary N) is 1. The molecule has 0 bridgehead atoms. The summed E-state index contributed by atoms with van der Waals surface area (Å²) in [4.78, 5) is 7.40. The molecule has 0 radical (unpaired) electrons. The molecular formula is C8H7N4S+. The van der Waals surface area contributed by atoms with Crippen LogP contribution in [0.15, 0.2) is 18.2 Å². The summed E-state index contributed by atoms with van der Waals surface area (Å²) in [6.45, 7) is 0. The van der Waals surface area contributed by atoms with E-state index in [1.807, 2.05) is 13.1 Å². The van der Waals surface area contributed by atoms with Crippen molar-refractivity contribution in [1.82, 2.24) is 4.98 Å². The third-order valence-electron chi connectivity index (χ3n) is 1.70. The van der Waals surface area contributed by atoms with Gasteiger partial charge in [-0.25, -0.2) is 4.98 Å². The molecule has 0 spiro atoms. The maximum atomic E-state index is 8.55. The quantitative estimate of drug-likeness (QED) is 0.705. The molecule has 0 aliphatic rings. The van der Waals surface area contributed by atoms with Gasteiger partial charge in [-0.2, -0.15) is 0 Å². The molecule has 1 heterocycles. The molecule has 13 heavy (non-hydrogen) atoms. The normalized spacial score (nSPS) is 9.85. The Morgan fingerprint density at radius 3 is 3.08 bits per heavy atom. The lowest BCUT2D eigenvalue weighted by Gasteiger charge is -1.84. The summed E-state index contributed by atoms with van der Waals surface area (Å²) in [5, 5.41) is 12.4. The minimum atomic E-state index is 0.554. The van der Waals surface area contributed by atoms with Crippen LogP contribution < -0.4 is 5.32 Å². The summed E-state index contributed by atoms with van der Waals surface area (Å²) < 4.78 is 1.01. The number of nitrogens with zero attached hydrogens (tertiary/aromatic N) is 3. The van der Waals surface area contributed by atoms with Crippen LogP contribution in [0.2, 0.25) is 0 Å². The monoisotopic (exact) mass is 191 g/mol. The Morgan fingerprint density at radius 2 is 2.38 bits per heavy atom. The van der Waals surface area contributed by atoms with Gasteiger partial charge in [-0.15, -0.1) is 0 Å². The molecule has 2 aromatic rings. The molecule has 0 amide bonds. The molecule has 1 N–H and O–H groups in total. The van der Waals surface area contributed by atoms with Gasteiger partial charge in [0.2, 0.25) is 5.39 Å². The van der Waals surface area contributed by atoms with E-state index < -0.39 is 0 Å². The van der Waals surface area contributed by atoms with Gasteiger partial charge in [0.1, 0.15) is 0 Å². The Labute approximate surface area is 78.8 Å². The zero-order chi connectivity index (χ0) is 9.26. The van der Waals surface area contributed by atoms with Crippen LogP contribution in [-0.4, -0.2) is 12.0 Å². The number of fused-ring (bicyclic) bond motifs is 1. The van der Waals surface area contributed by atoms with Crippen molar-refractivity contribution in [2.24, 2.45) is 0 Å². The van der Waals surface area contributed by atoms with Gasteiger partial charge in [-0.3, -0.25) is 0 Å². The molecule has 0 fully saturated rings. The van der Waals surface area contributed by atoms with E-state index in [-0.39, 0.29) is 0 Å². The molecule has 64 valence electrons. The summed E-state index contributed by atoms with van der Waals surface area (Å²) in [7, 11) is 1.83. The predicted molar refractivity (Wildman–Crippen MR) is 53.9 cm³/mol. The van der Waals surface area contributed by atoms with Crippen LogP contribution in [0.4, 0.5) is 10.8 Å². The number of hydrogen-bond acceptors (Lipinski definition) is 4. The second-order valence-corrected chi connectivity index (χ2v) is 3.55. The Bertz CT molecular complexity index is 482. The van der Waals surface area contributed by atoms with Crippen molar-refractivity contribution < 1.29 is 0 Å².